The van der Waals surface area contributed by atoms with Crippen LogP contribution in [0.3, 0.4) is 0 Å². The maximum atomic E-state index is 12.9. The second-order valence-electron chi connectivity index (χ2n) is 8.34. The highest BCUT2D eigenvalue weighted by atomic mass is 79.9. The number of nitrogens with zero attached hydrogens (tertiary/aromatic N) is 3. The smallest absolute Gasteiger partial charge is 0.272 e. The number of aliphatic hydroxyl groups is 1. The van der Waals surface area contributed by atoms with E-state index in [0.717, 1.165) is 34.4 Å². The molecule has 0 bridgehead atoms. The minimum absolute atomic E-state index is 0.0995. The Hall–Kier alpha value is -1.73. The molecule has 0 aliphatic heterocycles. The van der Waals surface area contributed by atoms with Crippen molar-refractivity contribution in [3.05, 3.63) is 39.8 Å². The second kappa shape index (κ2) is 6.16. The van der Waals surface area contributed by atoms with Gasteiger partial charge in [-0.25, -0.2) is 9.67 Å². The summed E-state index contributed by atoms with van der Waals surface area (Å²) in [6, 6.07) is 3.51. The lowest BCUT2D eigenvalue weighted by molar-refractivity contribution is 0.0841. The number of rotatable bonds is 4. The van der Waals surface area contributed by atoms with Crippen LogP contribution in [0.5, 0.6) is 0 Å². The summed E-state index contributed by atoms with van der Waals surface area (Å²) in [4.78, 5) is 17.4. The van der Waals surface area contributed by atoms with Crippen molar-refractivity contribution in [2.75, 3.05) is 6.61 Å². The van der Waals surface area contributed by atoms with Crippen molar-refractivity contribution in [3.63, 3.8) is 0 Å². The summed E-state index contributed by atoms with van der Waals surface area (Å²) in [5, 5.41) is 17.2. The molecule has 138 valence electrons. The highest BCUT2D eigenvalue weighted by Gasteiger charge is 2.50. The van der Waals surface area contributed by atoms with Crippen LogP contribution in [-0.4, -0.2) is 38.4 Å². The molecule has 6 nitrogen and oxygen atoms in total. The first-order valence-electron chi connectivity index (χ1n) is 8.95. The van der Waals surface area contributed by atoms with E-state index < -0.39 is 0 Å². The average Bonchev–Trinajstić information content (AvgIpc) is 3.08. The number of pyridine rings is 1. The molecule has 0 radical (unpaired) electrons. The number of aliphatic hydroxyl groups excluding tert-OH is 1. The number of amides is 1. The first-order valence-corrected chi connectivity index (χ1v) is 9.74. The number of aromatic nitrogens is 3. The fraction of sp³-hybridized carbons (Fsp3) is 0.526. The fourth-order valence-corrected chi connectivity index (χ4v) is 3.96. The van der Waals surface area contributed by atoms with Crippen molar-refractivity contribution in [1.29, 1.82) is 0 Å². The molecule has 7 heteroatoms. The Morgan fingerprint density at radius 3 is 2.85 bits per heavy atom. The van der Waals surface area contributed by atoms with Gasteiger partial charge in [-0.2, -0.15) is 5.10 Å². The maximum absolute atomic E-state index is 12.9. The normalized spacial score (nSPS) is 21.9. The average molecular weight is 419 g/mol. The monoisotopic (exact) mass is 418 g/mol. The molecule has 26 heavy (non-hydrogen) atoms. The molecule has 2 aromatic heterocycles. The maximum Gasteiger partial charge on any atom is 0.272 e. The number of hydrogen-bond donors (Lipinski definition) is 2. The Kier molecular flexibility index (Phi) is 4.19. The van der Waals surface area contributed by atoms with Gasteiger partial charge in [-0.05, 0) is 52.2 Å². The van der Waals surface area contributed by atoms with E-state index in [4.69, 9.17) is 0 Å². The topological polar surface area (TPSA) is 80.0 Å². The van der Waals surface area contributed by atoms with Gasteiger partial charge >= 0.3 is 0 Å². The standard InChI is InChI=1S/C19H23BrN4O2/c1-19(2,3)14(9-25)22-18(26)16-13-7-10-6-12(10)17(13)24(23-16)15-5-4-11(20)8-21-15/h4-5,8,10,12,14,25H,6-7,9H2,1-3H3,(H,22,26)/t10-,12-,14-/m1/s1. The van der Waals surface area contributed by atoms with Gasteiger partial charge in [-0.15, -0.1) is 0 Å². The minimum atomic E-state index is -0.322. The van der Waals surface area contributed by atoms with E-state index in [9.17, 15) is 9.90 Å². The van der Waals surface area contributed by atoms with Crippen LogP contribution in [0.2, 0.25) is 0 Å². The molecule has 2 aliphatic carbocycles. The molecule has 0 spiro atoms. The lowest BCUT2D eigenvalue weighted by atomic mass is 9.87. The van der Waals surface area contributed by atoms with Crippen LogP contribution in [0.15, 0.2) is 22.8 Å². The second-order valence-corrected chi connectivity index (χ2v) is 9.26. The van der Waals surface area contributed by atoms with Crippen molar-refractivity contribution in [1.82, 2.24) is 20.1 Å². The summed E-state index contributed by atoms with van der Waals surface area (Å²) in [5.74, 6) is 1.63. The summed E-state index contributed by atoms with van der Waals surface area (Å²) < 4.78 is 2.74. The van der Waals surface area contributed by atoms with Gasteiger partial charge < -0.3 is 10.4 Å². The third-order valence-corrected chi connectivity index (χ3v) is 5.91. The van der Waals surface area contributed by atoms with E-state index in [2.05, 4.69) is 31.3 Å². The van der Waals surface area contributed by atoms with Crippen LogP contribution in [0.4, 0.5) is 0 Å². The molecule has 1 saturated carbocycles. The number of nitrogens with one attached hydrogen (secondary N) is 1. The third kappa shape index (κ3) is 2.97. The summed E-state index contributed by atoms with van der Waals surface area (Å²) in [5.41, 5.74) is 2.41. The first kappa shape index (κ1) is 17.7. The number of halogens is 1. The molecule has 2 aliphatic rings. The van der Waals surface area contributed by atoms with Crippen molar-refractivity contribution >= 4 is 21.8 Å². The largest absolute Gasteiger partial charge is 0.394 e. The fourth-order valence-electron chi connectivity index (χ4n) is 3.73. The first-order chi connectivity index (χ1) is 12.3. The molecule has 2 heterocycles. The SMILES string of the molecule is CC(C)(C)[C@@H](CO)NC(=O)c1nn(-c2ccc(Br)cn2)c2c1C[C@H]1C[C@@H]21. The van der Waals surface area contributed by atoms with Gasteiger partial charge in [0.05, 0.1) is 18.3 Å². The zero-order valence-corrected chi connectivity index (χ0v) is 16.7. The molecule has 0 aromatic carbocycles. The number of hydrogen-bond acceptors (Lipinski definition) is 4. The quantitative estimate of drug-likeness (QED) is 0.799. The van der Waals surface area contributed by atoms with Crippen LogP contribution in [0, 0.1) is 11.3 Å². The van der Waals surface area contributed by atoms with Crippen molar-refractivity contribution in [2.45, 2.75) is 45.6 Å². The molecule has 2 N–H and O–H groups in total. The van der Waals surface area contributed by atoms with Crippen LogP contribution in [0.1, 0.15) is 54.9 Å². The Balaban J connectivity index is 1.70. The van der Waals surface area contributed by atoms with Crippen molar-refractivity contribution < 1.29 is 9.90 Å². The zero-order chi connectivity index (χ0) is 18.6. The zero-order valence-electron chi connectivity index (χ0n) is 15.2. The Morgan fingerprint density at radius 1 is 1.46 bits per heavy atom. The van der Waals surface area contributed by atoms with E-state index in [-0.39, 0.29) is 24.0 Å². The predicted octanol–water partition coefficient (Wildman–Crippen LogP) is 2.83. The van der Waals surface area contributed by atoms with Gasteiger partial charge in [-0.3, -0.25) is 4.79 Å². The molecular weight excluding hydrogens is 396 g/mol. The Bertz CT molecular complexity index is 854. The summed E-state index contributed by atoms with van der Waals surface area (Å²) in [6.45, 7) is 5.89. The minimum Gasteiger partial charge on any atom is -0.394 e. The molecule has 0 unspecified atom stereocenters. The molecule has 4 rings (SSSR count). The molecule has 1 fully saturated rings. The van der Waals surface area contributed by atoms with E-state index in [0.29, 0.717) is 17.5 Å². The van der Waals surface area contributed by atoms with Crippen LogP contribution < -0.4 is 5.32 Å². The van der Waals surface area contributed by atoms with E-state index in [1.165, 1.54) is 0 Å². The predicted molar refractivity (Wildman–Crippen MR) is 101 cm³/mol. The van der Waals surface area contributed by atoms with Gasteiger partial charge in [0.25, 0.3) is 5.91 Å². The molecule has 3 atom stereocenters. The highest BCUT2D eigenvalue weighted by molar-refractivity contribution is 9.10. The van der Waals surface area contributed by atoms with Crippen molar-refractivity contribution in [2.24, 2.45) is 11.3 Å². The van der Waals surface area contributed by atoms with Crippen LogP contribution >= 0.6 is 15.9 Å². The molecule has 2 aromatic rings. The molecule has 1 amide bonds. The lowest BCUT2D eigenvalue weighted by Crippen LogP contribution is -2.46. The molecular formula is C19H23BrN4O2. The van der Waals surface area contributed by atoms with E-state index in [1.54, 1.807) is 6.20 Å². The number of carbonyl (C=O) groups excluding carboxylic acids is 1. The molecule has 0 saturated heterocycles. The van der Waals surface area contributed by atoms with Crippen LogP contribution in [-0.2, 0) is 6.42 Å². The number of carbonyl (C=O) groups is 1. The van der Waals surface area contributed by atoms with Gasteiger partial charge in [0.15, 0.2) is 11.5 Å². The van der Waals surface area contributed by atoms with Crippen molar-refractivity contribution in [3.8, 4) is 5.82 Å². The van der Waals surface area contributed by atoms with Gasteiger partial charge in [-0.1, -0.05) is 20.8 Å². The highest BCUT2D eigenvalue weighted by Crippen LogP contribution is 2.57. The summed E-state index contributed by atoms with van der Waals surface area (Å²) in [6.07, 6.45) is 3.81. The number of fused-ring (bicyclic) bond motifs is 3. The van der Waals surface area contributed by atoms with E-state index in [1.807, 2.05) is 37.6 Å². The van der Waals surface area contributed by atoms with Gasteiger partial charge in [0.1, 0.15) is 0 Å². The summed E-state index contributed by atoms with van der Waals surface area (Å²) in [7, 11) is 0. The summed E-state index contributed by atoms with van der Waals surface area (Å²) >= 11 is 3.40. The van der Waals surface area contributed by atoms with E-state index >= 15 is 0 Å². The Labute approximate surface area is 161 Å². The van der Waals surface area contributed by atoms with Gasteiger partial charge in [0.2, 0.25) is 0 Å². The van der Waals surface area contributed by atoms with Crippen LogP contribution in [0.25, 0.3) is 5.82 Å². The third-order valence-electron chi connectivity index (χ3n) is 5.44. The van der Waals surface area contributed by atoms with Gasteiger partial charge in [0, 0.05) is 22.2 Å². The Morgan fingerprint density at radius 2 is 2.23 bits per heavy atom. The lowest BCUT2D eigenvalue weighted by Gasteiger charge is -2.29.